The van der Waals surface area contributed by atoms with E-state index in [-0.39, 0.29) is 17.5 Å². The van der Waals surface area contributed by atoms with Crippen molar-refractivity contribution < 1.29 is 19.4 Å². The Bertz CT molecular complexity index is 708. The Balaban J connectivity index is 2.36. The molecule has 114 valence electrons. The van der Waals surface area contributed by atoms with Crippen molar-refractivity contribution in [2.45, 2.75) is 6.92 Å². The van der Waals surface area contributed by atoms with Crippen molar-refractivity contribution in [2.24, 2.45) is 0 Å². The predicted octanol–water partition coefficient (Wildman–Crippen LogP) is 3.07. The maximum absolute atomic E-state index is 12.1. The smallest absolute Gasteiger partial charge is 0.294 e. The summed E-state index contributed by atoms with van der Waals surface area (Å²) in [6, 6.07) is 3.32. The van der Waals surface area contributed by atoms with Gasteiger partial charge in [-0.2, -0.15) is 0 Å². The van der Waals surface area contributed by atoms with Gasteiger partial charge in [0.1, 0.15) is 0 Å². The molecule has 0 atom stereocenters. The fourth-order valence-corrected chi connectivity index (χ4v) is 3.29. The molecule has 0 saturated carbocycles. The molecule has 1 heterocycles. The van der Waals surface area contributed by atoms with E-state index < -0.39 is 5.91 Å². The lowest BCUT2D eigenvalue weighted by atomic mass is 10.2. The number of amides is 2. The summed E-state index contributed by atoms with van der Waals surface area (Å²) in [6.07, 6.45) is 6.74. The van der Waals surface area contributed by atoms with Gasteiger partial charge >= 0.3 is 0 Å². The standard InChI is InChI=1S/C15H12INO4S/c1-3-5-17-14(19)12(22-15(17)20)8-9-6-10(16)13(18)11(7-9)21-4-2/h1,6-8,18H,4-5H2,2H3/b12-8+. The molecule has 2 rings (SSSR count). The highest BCUT2D eigenvalue weighted by molar-refractivity contribution is 14.1. The number of hydrogen-bond acceptors (Lipinski definition) is 5. The lowest BCUT2D eigenvalue weighted by Crippen LogP contribution is -2.28. The number of benzene rings is 1. The molecule has 22 heavy (non-hydrogen) atoms. The van der Waals surface area contributed by atoms with E-state index in [1.165, 1.54) is 0 Å². The zero-order valence-corrected chi connectivity index (χ0v) is 14.6. The second kappa shape index (κ2) is 7.07. The van der Waals surface area contributed by atoms with Crippen LogP contribution >= 0.6 is 34.4 Å². The first-order valence-corrected chi connectivity index (χ1v) is 8.21. The Morgan fingerprint density at radius 1 is 1.50 bits per heavy atom. The first kappa shape index (κ1) is 16.7. The zero-order valence-electron chi connectivity index (χ0n) is 11.6. The van der Waals surface area contributed by atoms with E-state index in [2.05, 4.69) is 5.92 Å². The number of hydrogen-bond donors (Lipinski definition) is 1. The van der Waals surface area contributed by atoms with E-state index in [1.807, 2.05) is 29.5 Å². The highest BCUT2D eigenvalue weighted by Crippen LogP contribution is 2.36. The van der Waals surface area contributed by atoms with Crippen molar-refractivity contribution in [3.63, 3.8) is 0 Å². The lowest BCUT2D eigenvalue weighted by Gasteiger charge is -2.09. The van der Waals surface area contributed by atoms with Crippen LogP contribution in [0.5, 0.6) is 11.5 Å². The third-order valence-electron chi connectivity index (χ3n) is 2.77. The molecule has 1 aromatic rings. The molecule has 0 radical (unpaired) electrons. The van der Waals surface area contributed by atoms with Crippen LogP contribution in [0, 0.1) is 15.9 Å². The summed E-state index contributed by atoms with van der Waals surface area (Å²) >= 11 is 2.82. The van der Waals surface area contributed by atoms with Crippen molar-refractivity contribution in [1.82, 2.24) is 4.90 Å². The predicted molar refractivity (Wildman–Crippen MR) is 93.5 cm³/mol. The number of rotatable bonds is 4. The number of terminal acetylenes is 1. The van der Waals surface area contributed by atoms with Gasteiger partial charge in [0.2, 0.25) is 0 Å². The van der Waals surface area contributed by atoms with Gasteiger partial charge in [0.05, 0.1) is 21.6 Å². The maximum Gasteiger partial charge on any atom is 0.294 e. The van der Waals surface area contributed by atoms with E-state index in [1.54, 1.807) is 18.2 Å². The highest BCUT2D eigenvalue weighted by atomic mass is 127. The molecule has 0 unspecified atom stereocenters. The molecule has 0 aliphatic carbocycles. The SMILES string of the molecule is C#CCN1C(=O)S/C(=C/c2cc(I)c(O)c(OCC)c2)C1=O. The molecule has 1 saturated heterocycles. The summed E-state index contributed by atoms with van der Waals surface area (Å²) in [5.41, 5.74) is 0.664. The van der Waals surface area contributed by atoms with Gasteiger partial charge in [-0.25, -0.2) is 0 Å². The first-order valence-electron chi connectivity index (χ1n) is 6.32. The number of phenols is 1. The average Bonchev–Trinajstić information content (AvgIpc) is 2.72. The molecule has 5 nitrogen and oxygen atoms in total. The fraction of sp³-hybridized carbons (Fsp3) is 0.200. The molecule has 1 aromatic carbocycles. The molecular weight excluding hydrogens is 417 g/mol. The van der Waals surface area contributed by atoms with Crippen LogP contribution in [0.25, 0.3) is 6.08 Å². The van der Waals surface area contributed by atoms with Crippen molar-refractivity contribution in [3.05, 3.63) is 26.2 Å². The largest absolute Gasteiger partial charge is 0.504 e. The van der Waals surface area contributed by atoms with Gasteiger partial charge in [-0.3, -0.25) is 14.5 Å². The van der Waals surface area contributed by atoms with Gasteiger partial charge in [0.15, 0.2) is 11.5 Å². The summed E-state index contributed by atoms with van der Waals surface area (Å²) in [7, 11) is 0. The van der Waals surface area contributed by atoms with Crippen LogP contribution < -0.4 is 4.74 Å². The summed E-state index contributed by atoms with van der Waals surface area (Å²) in [5, 5.41) is 9.53. The zero-order chi connectivity index (χ0) is 16.3. The molecule has 0 aromatic heterocycles. The third-order valence-corrected chi connectivity index (χ3v) is 4.50. The Hall–Kier alpha value is -1.66. The number of halogens is 1. The Labute approximate surface area is 145 Å². The summed E-state index contributed by atoms with van der Waals surface area (Å²) in [5.74, 6) is 2.27. The minimum absolute atomic E-state index is 0.0423. The highest BCUT2D eigenvalue weighted by Gasteiger charge is 2.34. The minimum atomic E-state index is -0.408. The second-order valence-corrected chi connectivity index (χ2v) is 6.41. The van der Waals surface area contributed by atoms with Crippen molar-refractivity contribution in [2.75, 3.05) is 13.2 Å². The van der Waals surface area contributed by atoms with Crippen LogP contribution in [0.4, 0.5) is 4.79 Å². The second-order valence-electron chi connectivity index (χ2n) is 4.25. The van der Waals surface area contributed by atoms with Gasteiger partial charge in [0.25, 0.3) is 11.1 Å². The number of imide groups is 1. The lowest BCUT2D eigenvalue weighted by molar-refractivity contribution is -0.122. The molecule has 0 spiro atoms. The normalized spacial score (nSPS) is 16.2. The average molecular weight is 429 g/mol. The summed E-state index contributed by atoms with van der Waals surface area (Å²) in [4.78, 5) is 25.2. The number of thioether (sulfide) groups is 1. The van der Waals surface area contributed by atoms with Crippen LogP contribution in [0.15, 0.2) is 17.0 Å². The number of ether oxygens (including phenoxy) is 1. The Morgan fingerprint density at radius 2 is 2.23 bits per heavy atom. The monoisotopic (exact) mass is 429 g/mol. The summed E-state index contributed by atoms with van der Waals surface area (Å²) < 4.78 is 5.95. The number of carbonyl (C=O) groups is 2. The molecule has 1 fully saturated rings. The van der Waals surface area contributed by atoms with Gasteiger partial charge < -0.3 is 9.84 Å². The molecule has 2 amide bonds. The van der Waals surface area contributed by atoms with Crippen molar-refractivity contribution >= 4 is 51.6 Å². The van der Waals surface area contributed by atoms with E-state index >= 15 is 0 Å². The number of carbonyl (C=O) groups excluding carboxylic acids is 2. The van der Waals surface area contributed by atoms with E-state index in [0.29, 0.717) is 26.4 Å². The molecular formula is C15H12INO4S. The first-order chi connectivity index (χ1) is 10.5. The van der Waals surface area contributed by atoms with Gasteiger partial charge in [-0.1, -0.05) is 5.92 Å². The van der Waals surface area contributed by atoms with E-state index in [0.717, 1.165) is 16.7 Å². The maximum atomic E-state index is 12.1. The van der Waals surface area contributed by atoms with Crippen LogP contribution in [0.2, 0.25) is 0 Å². The number of phenolic OH excluding ortho intramolecular Hbond substituents is 1. The quantitative estimate of drug-likeness (QED) is 0.453. The van der Waals surface area contributed by atoms with Crippen LogP contribution in [0.3, 0.4) is 0 Å². The fourth-order valence-electron chi connectivity index (χ4n) is 1.82. The summed E-state index contributed by atoms with van der Waals surface area (Å²) in [6.45, 7) is 2.18. The van der Waals surface area contributed by atoms with Crippen molar-refractivity contribution in [3.8, 4) is 23.8 Å². The van der Waals surface area contributed by atoms with Gasteiger partial charge in [0, 0.05) is 0 Å². The van der Waals surface area contributed by atoms with E-state index in [9.17, 15) is 14.7 Å². The Morgan fingerprint density at radius 3 is 2.86 bits per heavy atom. The topological polar surface area (TPSA) is 66.8 Å². The number of nitrogens with zero attached hydrogens (tertiary/aromatic N) is 1. The van der Waals surface area contributed by atoms with Gasteiger partial charge in [-0.15, -0.1) is 6.42 Å². The third kappa shape index (κ3) is 3.39. The minimum Gasteiger partial charge on any atom is -0.504 e. The van der Waals surface area contributed by atoms with Crippen LogP contribution in [-0.4, -0.2) is 34.3 Å². The van der Waals surface area contributed by atoms with Crippen LogP contribution in [-0.2, 0) is 4.79 Å². The molecule has 1 aliphatic heterocycles. The van der Waals surface area contributed by atoms with Gasteiger partial charge in [-0.05, 0) is 65.0 Å². The Kier molecular flexibility index (Phi) is 5.37. The molecule has 7 heteroatoms. The van der Waals surface area contributed by atoms with E-state index in [4.69, 9.17) is 11.2 Å². The molecule has 1 aliphatic rings. The van der Waals surface area contributed by atoms with Crippen molar-refractivity contribution in [1.29, 1.82) is 0 Å². The molecule has 0 bridgehead atoms. The number of aromatic hydroxyl groups is 1. The van der Waals surface area contributed by atoms with Crippen LogP contribution in [0.1, 0.15) is 12.5 Å². The molecule has 1 N–H and O–H groups in total.